The van der Waals surface area contributed by atoms with Crippen LogP contribution in [0.5, 0.6) is 0 Å². The summed E-state index contributed by atoms with van der Waals surface area (Å²) < 4.78 is 26.9. The number of piperidine rings is 1. The Kier molecular flexibility index (Phi) is 4.08. The topological polar surface area (TPSA) is 61.2 Å². The first-order valence-corrected chi connectivity index (χ1v) is 6.20. The number of ketones is 1. The van der Waals surface area contributed by atoms with Crippen LogP contribution in [0.4, 0.5) is 14.5 Å². The van der Waals surface area contributed by atoms with Gasteiger partial charge < -0.3 is 4.90 Å². The summed E-state index contributed by atoms with van der Waals surface area (Å²) in [4.78, 5) is 25.0. The largest absolute Gasteiger partial charge is 0.309 e. The van der Waals surface area contributed by atoms with Crippen LogP contribution in [0.2, 0.25) is 0 Å². The zero-order valence-corrected chi connectivity index (χ0v) is 10.6. The molecule has 104 valence electrons. The van der Waals surface area contributed by atoms with Gasteiger partial charge in [0, 0.05) is 12.6 Å². The van der Waals surface area contributed by atoms with E-state index < -0.39 is 29.2 Å². The smallest absolute Gasteiger partial charge is 0.237 e. The summed E-state index contributed by atoms with van der Waals surface area (Å²) in [5, 5.41) is 8.51. The zero-order valence-electron chi connectivity index (χ0n) is 10.6. The molecule has 4 nitrogen and oxygen atoms in total. The summed E-state index contributed by atoms with van der Waals surface area (Å²) >= 11 is 0. The summed E-state index contributed by atoms with van der Waals surface area (Å²) in [5.41, 5.74) is -0.163. The summed E-state index contributed by atoms with van der Waals surface area (Å²) in [6, 6.07) is 4.55. The second-order valence-corrected chi connectivity index (χ2v) is 4.58. The number of benzene rings is 1. The molecule has 1 atom stereocenters. The Labute approximate surface area is 114 Å². The van der Waals surface area contributed by atoms with Gasteiger partial charge in [0.25, 0.3) is 0 Å². The van der Waals surface area contributed by atoms with Crippen LogP contribution in [0.15, 0.2) is 18.2 Å². The third-order valence-corrected chi connectivity index (χ3v) is 3.28. The first kappa shape index (κ1) is 14.1. The fourth-order valence-corrected chi connectivity index (χ4v) is 2.31. The van der Waals surface area contributed by atoms with E-state index in [0.29, 0.717) is 12.8 Å². The molecule has 0 aliphatic carbocycles. The van der Waals surface area contributed by atoms with Gasteiger partial charge >= 0.3 is 0 Å². The lowest BCUT2D eigenvalue weighted by molar-refractivity contribution is -0.133. The molecule has 1 heterocycles. The minimum atomic E-state index is -0.939. The van der Waals surface area contributed by atoms with Gasteiger partial charge in [0.05, 0.1) is 24.1 Å². The van der Waals surface area contributed by atoms with Gasteiger partial charge in [-0.3, -0.25) is 9.59 Å². The Hall–Kier alpha value is -2.29. The monoisotopic (exact) mass is 278 g/mol. The molecule has 1 amide bonds. The fourth-order valence-electron chi connectivity index (χ4n) is 2.31. The van der Waals surface area contributed by atoms with E-state index in [1.807, 2.05) is 0 Å². The van der Waals surface area contributed by atoms with Crippen molar-refractivity contribution in [2.75, 3.05) is 11.4 Å². The number of nitriles is 1. The van der Waals surface area contributed by atoms with Crippen molar-refractivity contribution in [3.05, 3.63) is 29.8 Å². The molecule has 0 spiro atoms. The lowest BCUT2D eigenvalue weighted by Crippen LogP contribution is -2.44. The molecule has 1 fully saturated rings. The van der Waals surface area contributed by atoms with E-state index in [1.165, 1.54) is 0 Å². The van der Waals surface area contributed by atoms with E-state index in [-0.39, 0.29) is 18.7 Å². The van der Waals surface area contributed by atoms with Gasteiger partial charge in [0.1, 0.15) is 11.6 Å². The third-order valence-electron chi connectivity index (χ3n) is 3.28. The maximum Gasteiger partial charge on any atom is 0.237 e. The predicted octanol–water partition coefficient (Wildman–Crippen LogP) is 2.19. The number of hydrogen-bond donors (Lipinski definition) is 0. The van der Waals surface area contributed by atoms with Gasteiger partial charge in [-0.15, -0.1) is 0 Å². The van der Waals surface area contributed by atoms with Crippen molar-refractivity contribution in [3.63, 3.8) is 0 Å². The highest BCUT2D eigenvalue weighted by atomic mass is 19.1. The van der Waals surface area contributed by atoms with Gasteiger partial charge in [-0.2, -0.15) is 5.26 Å². The van der Waals surface area contributed by atoms with E-state index >= 15 is 0 Å². The normalized spacial score (nSPS) is 18.8. The SMILES string of the molecule is N#CCC(=O)[C@@H]1CCCN(c2cc(F)ccc2F)C1=O. The van der Waals surface area contributed by atoms with E-state index in [1.54, 1.807) is 6.07 Å². The highest BCUT2D eigenvalue weighted by Crippen LogP contribution is 2.28. The van der Waals surface area contributed by atoms with E-state index in [9.17, 15) is 18.4 Å². The second kappa shape index (κ2) is 5.78. The molecule has 0 radical (unpaired) electrons. The molecule has 2 rings (SSSR count). The number of rotatable bonds is 3. The van der Waals surface area contributed by atoms with Crippen molar-refractivity contribution in [1.29, 1.82) is 5.26 Å². The maximum absolute atomic E-state index is 13.7. The Morgan fingerprint density at radius 3 is 2.90 bits per heavy atom. The lowest BCUT2D eigenvalue weighted by atomic mass is 9.91. The molecule has 1 aromatic carbocycles. The van der Waals surface area contributed by atoms with Gasteiger partial charge in [-0.05, 0) is 25.0 Å². The molecule has 6 heteroatoms. The molecule has 0 bridgehead atoms. The van der Waals surface area contributed by atoms with E-state index in [0.717, 1.165) is 23.1 Å². The number of amides is 1. The molecular formula is C14H12F2N2O2. The van der Waals surface area contributed by atoms with Gasteiger partial charge in [0.15, 0.2) is 5.78 Å². The molecule has 0 unspecified atom stereocenters. The van der Waals surface area contributed by atoms with Gasteiger partial charge in [-0.1, -0.05) is 0 Å². The average molecular weight is 278 g/mol. The molecule has 1 aromatic rings. The minimum Gasteiger partial charge on any atom is -0.309 e. The maximum atomic E-state index is 13.7. The second-order valence-electron chi connectivity index (χ2n) is 4.58. The highest BCUT2D eigenvalue weighted by Gasteiger charge is 2.35. The van der Waals surface area contributed by atoms with Crippen LogP contribution in [0.3, 0.4) is 0 Å². The average Bonchev–Trinajstić information content (AvgIpc) is 2.42. The fraction of sp³-hybridized carbons (Fsp3) is 0.357. The van der Waals surface area contributed by atoms with Crippen molar-refractivity contribution in [3.8, 4) is 6.07 Å². The molecular weight excluding hydrogens is 266 g/mol. The Morgan fingerprint density at radius 1 is 1.45 bits per heavy atom. The summed E-state index contributed by atoms with van der Waals surface area (Å²) in [6.45, 7) is 0.232. The van der Waals surface area contributed by atoms with Crippen LogP contribution >= 0.6 is 0 Å². The minimum absolute atomic E-state index is 0.163. The number of carbonyl (C=O) groups is 2. The number of carbonyl (C=O) groups excluding carboxylic acids is 2. The van der Waals surface area contributed by atoms with Crippen LogP contribution in [0, 0.1) is 28.9 Å². The highest BCUT2D eigenvalue weighted by molar-refractivity contribution is 6.09. The number of nitrogens with zero attached hydrogens (tertiary/aromatic N) is 2. The lowest BCUT2D eigenvalue weighted by Gasteiger charge is -2.31. The van der Waals surface area contributed by atoms with E-state index in [4.69, 9.17) is 5.26 Å². The van der Waals surface area contributed by atoms with Crippen molar-refractivity contribution < 1.29 is 18.4 Å². The van der Waals surface area contributed by atoms with Gasteiger partial charge in [0.2, 0.25) is 5.91 Å². The van der Waals surface area contributed by atoms with Crippen molar-refractivity contribution in [2.45, 2.75) is 19.3 Å². The van der Waals surface area contributed by atoms with Crippen LogP contribution in [-0.2, 0) is 9.59 Å². The summed E-state index contributed by atoms with van der Waals surface area (Å²) in [7, 11) is 0. The van der Waals surface area contributed by atoms with Crippen LogP contribution < -0.4 is 4.90 Å². The molecule has 0 aromatic heterocycles. The summed E-state index contributed by atoms with van der Waals surface area (Å²) in [5.74, 6) is -3.35. The van der Waals surface area contributed by atoms with Crippen LogP contribution in [-0.4, -0.2) is 18.2 Å². The molecule has 1 saturated heterocycles. The predicted molar refractivity (Wildman–Crippen MR) is 66.7 cm³/mol. The van der Waals surface area contributed by atoms with Crippen molar-refractivity contribution in [2.24, 2.45) is 5.92 Å². The quantitative estimate of drug-likeness (QED) is 0.796. The zero-order chi connectivity index (χ0) is 14.7. The Bertz CT molecular complexity index is 595. The van der Waals surface area contributed by atoms with Crippen LogP contribution in [0.1, 0.15) is 19.3 Å². The molecule has 20 heavy (non-hydrogen) atoms. The first-order valence-electron chi connectivity index (χ1n) is 6.20. The number of halogens is 2. The molecule has 1 aliphatic heterocycles. The van der Waals surface area contributed by atoms with Gasteiger partial charge in [-0.25, -0.2) is 8.78 Å². The van der Waals surface area contributed by atoms with Crippen LogP contribution in [0.25, 0.3) is 0 Å². The molecule has 1 aliphatic rings. The Balaban J connectivity index is 2.29. The van der Waals surface area contributed by atoms with Crippen molar-refractivity contribution in [1.82, 2.24) is 0 Å². The molecule has 0 saturated carbocycles. The van der Waals surface area contributed by atoms with E-state index in [2.05, 4.69) is 0 Å². The first-order chi connectivity index (χ1) is 9.54. The summed E-state index contributed by atoms with van der Waals surface area (Å²) in [6.07, 6.45) is 0.492. The third kappa shape index (κ3) is 2.67. The Morgan fingerprint density at radius 2 is 2.20 bits per heavy atom. The number of anilines is 1. The standard InChI is InChI=1S/C14H12F2N2O2/c15-9-3-4-11(16)12(8-9)18-7-1-2-10(14(18)20)13(19)5-6-17/h3-4,8,10H,1-2,5,7H2/t10-/m0/s1. The number of Topliss-reactive ketones (excluding diaryl/α,β-unsaturated/α-hetero) is 1. The number of hydrogen-bond acceptors (Lipinski definition) is 3. The molecule has 0 N–H and O–H groups in total. The van der Waals surface area contributed by atoms with Crippen molar-refractivity contribution >= 4 is 17.4 Å².